The minimum absolute atomic E-state index is 0.110. The van der Waals surface area contributed by atoms with E-state index in [2.05, 4.69) is 11.6 Å². The summed E-state index contributed by atoms with van der Waals surface area (Å²) in [6, 6.07) is -0.110. The Morgan fingerprint density at radius 1 is 1.19 bits per heavy atom. The molecule has 2 heterocycles. The summed E-state index contributed by atoms with van der Waals surface area (Å²) in [6.45, 7) is 7.87. The van der Waals surface area contributed by atoms with E-state index >= 15 is 0 Å². The summed E-state index contributed by atoms with van der Waals surface area (Å²) in [7, 11) is 5.29. The van der Waals surface area contributed by atoms with Gasteiger partial charge in [0.2, 0.25) is 0 Å². The number of carbonyl (C=O) groups excluding carboxylic acids is 1. The maximum absolute atomic E-state index is 11.6. The molecule has 1 aromatic rings. The van der Waals surface area contributed by atoms with Crippen molar-refractivity contribution in [1.82, 2.24) is 14.5 Å². The molecule has 0 aliphatic carbocycles. The Morgan fingerprint density at radius 2 is 1.75 bits per heavy atom. The molecule has 0 aromatic carbocycles. The molecule has 0 radical (unpaired) electrons. The van der Waals surface area contributed by atoms with Gasteiger partial charge < -0.3 is 4.57 Å². The fraction of sp³-hybridized carbons (Fsp3) is 0.455. The first-order chi connectivity index (χ1) is 7.54. The summed E-state index contributed by atoms with van der Waals surface area (Å²) in [4.78, 5) is 18.8. The average molecular weight is 222 g/mol. The number of urea groups is 1. The minimum Gasteiger partial charge on any atom is -0.331 e. The zero-order chi connectivity index (χ0) is 12.5. The van der Waals surface area contributed by atoms with Gasteiger partial charge in [-0.1, -0.05) is 20.4 Å². The molecule has 2 amide bonds. The van der Waals surface area contributed by atoms with Gasteiger partial charge in [0.25, 0.3) is 0 Å². The first kappa shape index (κ1) is 12.3. The highest BCUT2D eigenvalue weighted by Gasteiger charge is 2.31. The molecule has 0 unspecified atom stereocenters. The second-order valence-corrected chi connectivity index (χ2v) is 3.37. The van der Waals surface area contributed by atoms with Gasteiger partial charge in [-0.3, -0.25) is 9.80 Å². The number of anilines is 1. The molecule has 0 spiro atoms. The van der Waals surface area contributed by atoms with Crippen LogP contribution in [-0.2, 0) is 7.05 Å². The fourth-order valence-corrected chi connectivity index (χ4v) is 1.59. The highest BCUT2D eigenvalue weighted by atomic mass is 16.2. The number of nitrogens with zero attached hydrogens (tertiary/aromatic N) is 4. The smallest absolute Gasteiger partial charge is 0.329 e. The predicted octanol–water partition coefficient (Wildman–Crippen LogP) is 1.92. The predicted molar refractivity (Wildman–Crippen MR) is 65.2 cm³/mol. The van der Waals surface area contributed by atoms with Gasteiger partial charge in [0.1, 0.15) is 5.69 Å². The molecule has 1 aliphatic rings. The number of amides is 2. The van der Waals surface area contributed by atoms with E-state index in [4.69, 9.17) is 0 Å². The fourth-order valence-electron chi connectivity index (χ4n) is 1.59. The summed E-state index contributed by atoms with van der Waals surface area (Å²) in [5.41, 5.74) is 1.57. The molecule has 2 rings (SSSR count). The maximum Gasteiger partial charge on any atom is 0.329 e. The van der Waals surface area contributed by atoms with E-state index in [0.717, 1.165) is 5.69 Å². The third-order valence-corrected chi connectivity index (χ3v) is 2.49. The first-order valence-electron chi connectivity index (χ1n) is 5.26. The van der Waals surface area contributed by atoms with E-state index in [1.807, 2.05) is 25.5 Å². The second-order valence-electron chi connectivity index (χ2n) is 3.37. The van der Waals surface area contributed by atoms with E-state index in [9.17, 15) is 4.79 Å². The highest BCUT2D eigenvalue weighted by molar-refractivity contribution is 6.02. The van der Waals surface area contributed by atoms with Crippen molar-refractivity contribution in [1.29, 1.82) is 0 Å². The number of carbonyl (C=O) groups is 1. The zero-order valence-corrected chi connectivity index (χ0v) is 10.5. The van der Waals surface area contributed by atoms with Gasteiger partial charge >= 0.3 is 6.03 Å². The quantitative estimate of drug-likeness (QED) is 0.673. The molecular weight excluding hydrogens is 204 g/mol. The number of imidazole rings is 1. The van der Waals surface area contributed by atoms with Crippen LogP contribution in [0.25, 0.3) is 5.70 Å². The summed E-state index contributed by atoms with van der Waals surface area (Å²) in [6.07, 6.45) is 1.68. The third-order valence-electron chi connectivity index (χ3n) is 2.49. The molecular formula is C11H18N4O. The lowest BCUT2D eigenvalue weighted by molar-refractivity contribution is 0.230. The van der Waals surface area contributed by atoms with Crippen molar-refractivity contribution in [3.05, 3.63) is 18.6 Å². The molecule has 0 N–H and O–H groups in total. The van der Waals surface area contributed by atoms with Crippen LogP contribution in [-0.4, -0.2) is 34.6 Å². The number of aryl methyl sites for hydroxylation is 1. The molecule has 0 saturated heterocycles. The Labute approximate surface area is 96.0 Å². The van der Waals surface area contributed by atoms with Crippen LogP contribution in [0.3, 0.4) is 0 Å². The van der Waals surface area contributed by atoms with E-state index in [1.165, 1.54) is 9.80 Å². The average Bonchev–Trinajstić information content (AvgIpc) is 2.68. The van der Waals surface area contributed by atoms with Crippen molar-refractivity contribution in [3.63, 3.8) is 0 Å². The van der Waals surface area contributed by atoms with Crippen molar-refractivity contribution >= 4 is 17.5 Å². The van der Waals surface area contributed by atoms with Crippen LogP contribution in [0, 0.1) is 0 Å². The number of hydrogen-bond acceptors (Lipinski definition) is 2. The van der Waals surface area contributed by atoms with Crippen molar-refractivity contribution < 1.29 is 4.79 Å². The summed E-state index contributed by atoms with van der Waals surface area (Å²) in [5, 5.41) is 0. The van der Waals surface area contributed by atoms with E-state index in [0.29, 0.717) is 11.5 Å². The molecule has 88 valence electrons. The Morgan fingerprint density at radius 3 is 2.31 bits per heavy atom. The standard InChI is InChI=1S/C9H12N4O.C2H6/c1-6-7-8(10-5-11(7)2)13(4)9(14)12(6)3;1-2/h5H,1H2,2-4H3;1-2H3. The van der Waals surface area contributed by atoms with Crippen LogP contribution in [0.1, 0.15) is 19.5 Å². The van der Waals surface area contributed by atoms with Gasteiger partial charge in [0.05, 0.1) is 12.0 Å². The van der Waals surface area contributed by atoms with Crippen molar-refractivity contribution in [2.75, 3.05) is 19.0 Å². The largest absolute Gasteiger partial charge is 0.331 e. The van der Waals surface area contributed by atoms with Crippen LogP contribution < -0.4 is 4.90 Å². The van der Waals surface area contributed by atoms with Crippen LogP contribution >= 0.6 is 0 Å². The maximum atomic E-state index is 11.6. The Kier molecular flexibility index (Phi) is 3.37. The Hall–Kier alpha value is -1.78. The lowest BCUT2D eigenvalue weighted by Gasteiger charge is -2.31. The van der Waals surface area contributed by atoms with E-state index < -0.39 is 0 Å². The van der Waals surface area contributed by atoms with Crippen LogP contribution in [0.4, 0.5) is 10.6 Å². The number of hydrogen-bond donors (Lipinski definition) is 0. The van der Waals surface area contributed by atoms with Crippen LogP contribution in [0.15, 0.2) is 12.9 Å². The van der Waals surface area contributed by atoms with Gasteiger partial charge in [-0.15, -0.1) is 0 Å². The lowest BCUT2D eigenvalue weighted by Crippen LogP contribution is -2.42. The normalized spacial score (nSPS) is 14.6. The summed E-state index contributed by atoms with van der Waals surface area (Å²) in [5.74, 6) is 0.667. The molecule has 5 heteroatoms. The molecule has 0 fully saturated rings. The zero-order valence-electron chi connectivity index (χ0n) is 10.5. The van der Waals surface area contributed by atoms with Crippen LogP contribution in [0.2, 0.25) is 0 Å². The molecule has 1 aliphatic heterocycles. The summed E-state index contributed by atoms with van der Waals surface area (Å²) >= 11 is 0. The molecule has 16 heavy (non-hydrogen) atoms. The molecule has 5 nitrogen and oxygen atoms in total. The van der Waals surface area contributed by atoms with E-state index in [1.54, 1.807) is 20.4 Å². The van der Waals surface area contributed by atoms with Crippen molar-refractivity contribution in [2.45, 2.75) is 13.8 Å². The highest BCUT2D eigenvalue weighted by Crippen LogP contribution is 2.31. The molecule has 0 atom stereocenters. The Balaban J connectivity index is 0.000000606. The Bertz CT molecular complexity index is 422. The van der Waals surface area contributed by atoms with Gasteiger partial charge in [-0.25, -0.2) is 9.78 Å². The SMILES string of the molecule is C=C1c2c(ncn2C)N(C)C(=O)N1C.CC. The minimum atomic E-state index is -0.110. The van der Waals surface area contributed by atoms with E-state index in [-0.39, 0.29) is 6.03 Å². The van der Waals surface area contributed by atoms with Gasteiger partial charge in [-0.2, -0.15) is 0 Å². The van der Waals surface area contributed by atoms with Crippen molar-refractivity contribution in [3.8, 4) is 0 Å². The lowest BCUT2D eigenvalue weighted by atomic mass is 10.2. The molecule has 1 aromatic heterocycles. The van der Waals surface area contributed by atoms with Crippen LogP contribution in [0.5, 0.6) is 0 Å². The monoisotopic (exact) mass is 222 g/mol. The number of fused-ring (bicyclic) bond motifs is 1. The molecule has 0 bridgehead atoms. The van der Waals surface area contributed by atoms with Gasteiger partial charge in [0.15, 0.2) is 5.82 Å². The topological polar surface area (TPSA) is 41.4 Å². The van der Waals surface area contributed by atoms with Gasteiger partial charge in [-0.05, 0) is 0 Å². The van der Waals surface area contributed by atoms with Gasteiger partial charge in [0, 0.05) is 21.1 Å². The molecule has 0 saturated carbocycles. The first-order valence-corrected chi connectivity index (χ1v) is 5.26. The number of aromatic nitrogens is 2. The second kappa shape index (κ2) is 4.38. The number of rotatable bonds is 0. The van der Waals surface area contributed by atoms with Crippen molar-refractivity contribution in [2.24, 2.45) is 7.05 Å². The third kappa shape index (κ3) is 1.58. The summed E-state index contributed by atoms with van der Waals surface area (Å²) < 4.78 is 1.86.